The summed E-state index contributed by atoms with van der Waals surface area (Å²) in [6.45, 7) is 7.61. The summed E-state index contributed by atoms with van der Waals surface area (Å²) in [4.78, 5) is 12.3. The molecule has 6 heteroatoms. The van der Waals surface area contributed by atoms with Crippen LogP contribution in [0.4, 0.5) is 0 Å². The van der Waals surface area contributed by atoms with Crippen LogP contribution in [-0.2, 0) is 10.0 Å². The SMILES string of the molecule is Cc1cc(C)c(S(N)(=O)=O)cc1C(=O)NC1CC1(C)C. The molecule has 1 amide bonds. The first kappa shape index (κ1) is 15.0. The number of amides is 1. The van der Waals surface area contributed by atoms with Crippen molar-refractivity contribution in [3.63, 3.8) is 0 Å². The molecule has 1 aromatic carbocycles. The number of carbonyl (C=O) groups excluding carboxylic acids is 1. The standard InChI is InChI=1S/C14H20N2O3S/c1-8-5-9(2)11(20(15,18)19)6-10(8)13(17)16-12-7-14(12,3)4/h5-6,12H,7H2,1-4H3,(H,16,17)(H2,15,18,19). The molecule has 1 saturated carbocycles. The average molecular weight is 296 g/mol. The van der Waals surface area contributed by atoms with Gasteiger partial charge in [0.15, 0.2) is 0 Å². The number of sulfonamides is 1. The molecule has 0 heterocycles. The molecule has 1 atom stereocenters. The maximum Gasteiger partial charge on any atom is 0.251 e. The Bertz CT molecular complexity index is 678. The van der Waals surface area contributed by atoms with Gasteiger partial charge in [-0.05, 0) is 42.9 Å². The Kier molecular flexibility index (Phi) is 3.42. The van der Waals surface area contributed by atoms with E-state index in [-0.39, 0.29) is 22.3 Å². The van der Waals surface area contributed by atoms with E-state index in [9.17, 15) is 13.2 Å². The first-order chi connectivity index (χ1) is 9.02. The lowest BCUT2D eigenvalue weighted by Gasteiger charge is -2.12. The van der Waals surface area contributed by atoms with Gasteiger partial charge in [-0.1, -0.05) is 19.9 Å². The Labute approximate surface area is 119 Å². The third kappa shape index (κ3) is 2.86. The Balaban J connectivity index is 2.34. The Morgan fingerprint density at radius 1 is 1.30 bits per heavy atom. The predicted octanol–water partition coefficient (Wildman–Crippen LogP) is 1.48. The summed E-state index contributed by atoms with van der Waals surface area (Å²) in [7, 11) is -3.82. The molecule has 1 unspecified atom stereocenters. The number of aryl methyl sites for hydroxylation is 2. The largest absolute Gasteiger partial charge is 0.349 e. The van der Waals surface area contributed by atoms with Crippen molar-refractivity contribution < 1.29 is 13.2 Å². The van der Waals surface area contributed by atoms with Gasteiger partial charge >= 0.3 is 0 Å². The van der Waals surface area contributed by atoms with E-state index in [4.69, 9.17) is 5.14 Å². The van der Waals surface area contributed by atoms with Gasteiger partial charge in [0, 0.05) is 11.6 Å². The zero-order chi connectivity index (χ0) is 15.3. The minimum absolute atomic E-state index is 0.00306. The van der Waals surface area contributed by atoms with Crippen molar-refractivity contribution in [3.8, 4) is 0 Å². The summed E-state index contributed by atoms with van der Waals surface area (Å²) < 4.78 is 23.0. The van der Waals surface area contributed by atoms with Gasteiger partial charge in [-0.15, -0.1) is 0 Å². The maximum absolute atomic E-state index is 12.2. The molecular formula is C14H20N2O3S. The number of primary sulfonamides is 1. The summed E-state index contributed by atoms with van der Waals surface area (Å²) in [6.07, 6.45) is 0.936. The maximum atomic E-state index is 12.2. The fraction of sp³-hybridized carbons (Fsp3) is 0.500. The number of carbonyl (C=O) groups is 1. The molecule has 1 fully saturated rings. The minimum atomic E-state index is -3.82. The average Bonchev–Trinajstić information content (AvgIpc) is 2.83. The first-order valence-electron chi connectivity index (χ1n) is 6.47. The van der Waals surface area contributed by atoms with E-state index < -0.39 is 10.0 Å². The molecule has 3 N–H and O–H groups in total. The van der Waals surface area contributed by atoms with Crippen molar-refractivity contribution in [2.45, 2.75) is 45.1 Å². The van der Waals surface area contributed by atoms with E-state index in [0.717, 1.165) is 12.0 Å². The third-order valence-corrected chi connectivity index (χ3v) is 4.94. The van der Waals surface area contributed by atoms with Gasteiger partial charge in [-0.3, -0.25) is 4.79 Å². The summed E-state index contributed by atoms with van der Waals surface area (Å²) in [5.41, 5.74) is 1.78. The van der Waals surface area contributed by atoms with Crippen molar-refractivity contribution in [1.82, 2.24) is 5.32 Å². The van der Waals surface area contributed by atoms with Crippen molar-refractivity contribution >= 4 is 15.9 Å². The van der Waals surface area contributed by atoms with Gasteiger partial charge in [-0.25, -0.2) is 13.6 Å². The highest BCUT2D eigenvalue weighted by Crippen LogP contribution is 2.44. The summed E-state index contributed by atoms with van der Waals surface area (Å²) in [5, 5.41) is 8.10. The fourth-order valence-electron chi connectivity index (χ4n) is 2.33. The summed E-state index contributed by atoms with van der Waals surface area (Å²) in [6, 6.07) is 3.19. The van der Waals surface area contributed by atoms with Gasteiger partial charge in [0.05, 0.1) is 4.90 Å². The van der Waals surface area contributed by atoms with Crippen LogP contribution in [0.25, 0.3) is 0 Å². The highest BCUT2D eigenvalue weighted by Gasteiger charge is 2.46. The van der Waals surface area contributed by atoms with Crippen LogP contribution in [0.15, 0.2) is 17.0 Å². The molecule has 1 aliphatic carbocycles. The second kappa shape index (κ2) is 4.56. The van der Waals surface area contributed by atoms with E-state index in [1.165, 1.54) is 6.07 Å². The Morgan fingerprint density at radius 2 is 1.85 bits per heavy atom. The minimum Gasteiger partial charge on any atom is -0.349 e. The molecule has 1 aliphatic rings. The van der Waals surface area contributed by atoms with E-state index >= 15 is 0 Å². The van der Waals surface area contributed by atoms with E-state index in [1.54, 1.807) is 19.9 Å². The molecule has 0 saturated heterocycles. The van der Waals surface area contributed by atoms with Crippen LogP contribution >= 0.6 is 0 Å². The molecule has 0 aromatic heterocycles. The highest BCUT2D eigenvalue weighted by molar-refractivity contribution is 7.89. The molecule has 110 valence electrons. The Morgan fingerprint density at radius 3 is 2.30 bits per heavy atom. The summed E-state index contributed by atoms with van der Waals surface area (Å²) in [5.74, 6) is -0.247. The van der Waals surface area contributed by atoms with Gasteiger partial charge in [0.1, 0.15) is 0 Å². The second-order valence-electron chi connectivity index (χ2n) is 6.20. The van der Waals surface area contributed by atoms with Crippen molar-refractivity contribution in [3.05, 3.63) is 28.8 Å². The molecule has 0 aliphatic heterocycles. The molecule has 0 radical (unpaired) electrons. The van der Waals surface area contributed by atoms with Crippen LogP contribution in [-0.4, -0.2) is 20.4 Å². The molecule has 5 nitrogen and oxygen atoms in total. The normalized spacial score (nSPS) is 20.6. The van der Waals surface area contributed by atoms with Crippen LogP contribution in [0.1, 0.15) is 41.8 Å². The number of benzene rings is 1. The van der Waals surface area contributed by atoms with Gasteiger partial charge in [-0.2, -0.15) is 0 Å². The molecular weight excluding hydrogens is 276 g/mol. The Hall–Kier alpha value is -1.40. The van der Waals surface area contributed by atoms with Gasteiger partial charge in [0.25, 0.3) is 5.91 Å². The van der Waals surface area contributed by atoms with Crippen molar-refractivity contribution in [1.29, 1.82) is 0 Å². The lowest BCUT2D eigenvalue weighted by molar-refractivity contribution is 0.0945. The molecule has 20 heavy (non-hydrogen) atoms. The van der Waals surface area contributed by atoms with Crippen molar-refractivity contribution in [2.24, 2.45) is 10.6 Å². The van der Waals surface area contributed by atoms with E-state index in [1.807, 2.05) is 0 Å². The molecule has 0 bridgehead atoms. The fourth-order valence-corrected chi connectivity index (χ4v) is 3.12. The quantitative estimate of drug-likeness (QED) is 0.885. The van der Waals surface area contributed by atoms with Crippen LogP contribution < -0.4 is 10.5 Å². The molecule has 1 aromatic rings. The number of nitrogens with one attached hydrogen (secondary N) is 1. The third-order valence-electron chi connectivity index (χ3n) is 3.89. The van der Waals surface area contributed by atoms with Gasteiger partial charge in [0.2, 0.25) is 10.0 Å². The predicted molar refractivity (Wildman–Crippen MR) is 76.9 cm³/mol. The monoisotopic (exact) mass is 296 g/mol. The highest BCUT2D eigenvalue weighted by atomic mass is 32.2. The van der Waals surface area contributed by atoms with Crippen LogP contribution in [0.2, 0.25) is 0 Å². The zero-order valence-electron chi connectivity index (χ0n) is 12.1. The van der Waals surface area contributed by atoms with Crippen LogP contribution in [0, 0.1) is 19.3 Å². The molecule has 0 spiro atoms. The first-order valence-corrected chi connectivity index (χ1v) is 8.02. The number of rotatable bonds is 3. The van der Waals surface area contributed by atoms with Crippen LogP contribution in [0.5, 0.6) is 0 Å². The van der Waals surface area contributed by atoms with Gasteiger partial charge < -0.3 is 5.32 Å². The lowest BCUT2D eigenvalue weighted by Crippen LogP contribution is -2.29. The molecule has 2 rings (SSSR count). The van der Waals surface area contributed by atoms with Crippen LogP contribution in [0.3, 0.4) is 0 Å². The van der Waals surface area contributed by atoms with Crippen molar-refractivity contribution in [2.75, 3.05) is 0 Å². The number of nitrogens with two attached hydrogens (primary N) is 1. The topological polar surface area (TPSA) is 89.3 Å². The smallest absolute Gasteiger partial charge is 0.251 e. The number of hydrogen-bond donors (Lipinski definition) is 2. The zero-order valence-corrected chi connectivity index (χ0v) is 13.0. The van der Waals surface area contributed by atoms with E-state index in [2.05, 4.69) is 19.2 Å². The number of hydrogen-bond acceptors (Lipinski definition) is 3. The van der Waals surface area contributed by atoms with E-state index in [0.29, 0.717) is 11.1 Å². The second-order valence-corrected chi connectivity index (χ2v) is 7.73. The lowest BCUT2D eigenvalue weighted by atomic mass is 10.0. The summed E-state index contributed by atoms with van der Waals surface area (Å²) >= 11 is 0.